The van der Waals surface area contributed by atoms with E-state index in [1.54, 1.807) is 0 Å². The number of carbonyl (C=O) groups excluding carboxylic acids is 1. The maximum atomic E-state index is 12.0. The van der Waals surface area contributed by atoms with Crippen LogP contribution in [-0.4, -0.2) is 15.6 Å². The minimum atomic E-state index is 0.196. The predicted molar refractivity (Wildman–Crippen MR) is 79.4 cm³/mol. The fourth-order valence-electron chi connectivity index (χ4n) is 2.05. The fourth-order valence-corrected chi connectivity index (χ4v) is 2.33. The summed E-state index contributed by atoms with van der Waals surface area (Å²) >= 11 is 3.51. The summed E-state index contributed by atoms with van der Waals surface area (Å²) in [5.41, 5.74) is 2.90. The van der Waals surface area contributed by atoms with Gasteiger partial charge in [-0.2, -0.15) is 5.10 Å². The first-order valence-electron chi connectivity index (χ1n) is 6.37. The summed E-state index contributed by atoms with van der Waals surface area (Å²) in [5.74, 6) is 0.196. The van der Waals surface area contributed by atoms with Crippen molar-refractivity contribution >= 4 is 21.7 Å². The molecular formula is C15H17BrN2O. The van der Waals surface area contributed by atoms with Gasteiger partial charge in [-0.05, 0) is 36.2 Å². The minimum Gasteiger partial charge on any atom is -0.294 e. The molecule has 0 fully saturated rings. The lowest BCUT2D eigenvalue weighted by molar-refractivity contribution is 0.0978. The zero-order valence-corrected chi connectivity index (χ0v) is 12.8. The second kappa shape index (κ2) is 6.15. The number of hydrogen-bond donors (Lipinski definition) is 0. The van der Waals surface area contributed by atoms with Gasteiger partial charge in [0.2, 0.25) is 0 Å². The van der Waals surface area contributed by atoms with Crippen LogP contribution in [0.2, 0.25) is 0 Å². The summed E-state index contributed by atoms with van der Waals surface area (Å²) in [7, 11) is 0. The Kier molecular flexibility index (Phi) is 4.53. The molecule has 0 saturated carbocycles. The Morgan fingerprint density at radius 2 is 1.95 bits per heavy atom. The Bertz CT molecular complexity index is 575. The van der Waals surface area contributed by atoms with Gasteiger partial charge in [0, 0.05) is 24.2 Å². The van der Waals surface area contributed by atoms with E-state index in [2.05, 4.69) is 21.0 Å². The second-order valence-corrected chi connectivity index (χ2v) is 5.39. The SMILES string of the molecule is Cc1nn(CCCC(=O)c2ccccc2)c(C)c1Br. The van der Waals surface area contributed by atoms with Crippen molar-refractivity contribution in [3.63, 3.8) is 0 Å². The molecule has 0 radical (unpaired) electrons. The molecule has 100 valence electrons. The lowest BCUT2D eigenvalue weighted by atomic mass is 10.1. The van der Waals surface area contributed by atoms with Crippen LogP contribution in [0.5, 0.6) is 0 Å². The lowest BCUT2D eigenvalue weighted by Crippen LogP contribution is -2.06. The Balaban J connectivity index is 1.90. The molecule has 4 heteroatoms. The monoisotopic (exact) mass is 320 g/mol. The van der Waals surface area contributed by atoms with Crippen LogP contribution in [0.3, 0.4) is 0 Å². The molecule has 0 spiro atoms. The molecular weight excluding hydrogens is 304 g/mol. The van der Waals surface area contributed by atoms with Gasteiger partial charge in [0.15, 0.2) is 5.78 Å². The van der Waals surface area contributed by atoms with Gasteiger partial charge in [0.1, 0.15) is 0 Å². The molecule has 3 nitrogen and oxygen atoms in total. The van der Waals surface area contributed by atoms with Crippen molar-refractivity contribution in [3.05, 3.63) is 51.8 Å². The van der Waals surface area contributed by atoms with Crippen molar-refractivity contribution in [1.29, 1.82) is 0 Å². The number of rotatable bonds is 5. The molecule has 0 amide bonds. The Hall–Kier alpha value is -1.42. The van der Waals surface area contributed by atoms with Crippen LogP contribution in [-0.2, 0) is 6.54 Å². The molecule has 0 atom stereocenters. The van der Waals surface area contributed by atoms with Gasteiger partial charge in [-0.3, -0.25) is 9.48 Å². The second-order valence-electron chi connectivity index (χ2n) is 4.60. The van der Waals surface area contributed by atoms with Crippen LogP contribution in [0.1, 0.15) is 34.6 Å². The third kappa shape index (κ3) is 3.32. The van der Waals surface area contributed by atoms with E-state index in [0.717, 1.165) is 34.4 Å². The maximum Gasteiger partial charge on any atom is 0.162 e. The van der Waals surface area contributed by atoms with Gasteiger partial charge in [0.05, 0.1) is 10.2 Å². The van der Waals surface area contributed by atoms with Crippen LogP contribution in [0.25, 0.3) is 0 Å². The van der Waals surface area contributed by atoms with Crippen molar-refractivity contribution in [1.82, 2.24) is 9.78 Å². The number of nitrogens with zero attached hydrogens (tertiary/aromatic N) is 2. The Morgan fingerprint density at radius 3 is 2.53 bits per heavy atom. The quantitative estimate of drug-likeness (QED) is 0.782. The highest BCUT2D eigenvalue weighted by Gasteiger charge is 2.09. The third-order valence-electron chi connectivity index (χ3n) is 3.16. The first-order chi connectivity index (χ1) is 9.09. The summed E-state index contributed by atoms with van der Waals surface area (Å²) in [6.07, 6.45) is 1.36. The molecule has 0 saturated heterocycles. The number of halogens is 1. The molecule has 0 unspecified atom stereocenters. The maximum absolute atomic E-state index is 12.0. The molecule has 0 aliphatic heterocycles. The van der Waals surface area contributed by atoms with Crippen molar-refractivity contribution in [2.45, 2.75) is 33.2 Å². The summed E-state index contributed by atoms with van der Waals surface area (Å²) in [4.78, 5) is 12.0. The number of hydrogen-bond acceptors (Lipinski definition) is 2. The topological polar surface area (TPSA) is 34.9 Å². The van der Waals surface area contributed by atoms with Gasteiger partial charge >= 0.3 is 0 Å². The molecule has 0 aliphatic rings. The zero-order valence-electron chi connectivity index (χ0n) is 11.2. The van der Waals surface area contributed by atoms with Gasteiger partial charge in [-0.15, -0.1) is 0 Å². The molecule has 1 aromatic carbocycles. The molecule has 2 rings (SSSR count). The normalized spacial score (nSPS) is 10.7. The molecule has 1 heterocycles. The van der Waals surface area contributed by atoms with Crippen LogP contribution in [0.15, 0.2) is 34.8 Å². The summed E-state index contributed by atoms with van der Waals surface area (Å²) < 4.78 is 3.01. The van der Waals surface area contributed by atoms with E-state index in [0.29, 0.717) is 6.42 Å². The third-order valence-corrected chi connectivity index (χ3v) is 4.31. The van der Waals surface area contributed by atoms with E-state index in [1.807, 2.05) is 48.9 Å². The molecule has 2 aromatic rings. The van der Waals surface area contributed by atoms with E-state index in [-0.39, 0.29) is 5.78 Å². The standard InChI is InChI=1S/C15H17BrN2O/c1-11-15(16)12(2)18(17-11)10-6-9-14(19)13-7-4-3-5-8-13/h3-5,7-8H,6,9-10H2,1-2H3. The fraction of sp³-hybridized carbons (Fsp3) is 0.333. The number of Topliss-reactive ketones (excluding diaryl/α,β-unsaturated/α-hetero) is 1. The van der Waals surface area contributed by atoms with E-state index in [9.17, 15) is 4.79 Å². The van der Waals surface area contributed by atoms with Gasteiger partial charge in [-0.25, -0.2) is 0 Å². The zero-order chi connectivity index (χ0) is 13.8. The Labute approximate surface area is 121 Å². The number of carbonyl (C=O) groups is 1. The molecule has 0 aliphatic carbocycles. The van der Waals surface area contributed by atoms with Gasteiger partial charge in [0.25, 0.3) is 0 Å². The predicted octanol–water partition coefficient (Wildman–Crippen LogP) is 3.93. The first kappa shape index (κ1) is 14.0. The Morgan fingerprint density at radius 1 is 1.26 bits per heavy atom. The van der Waals surface area contributed by atoms with Gasteiger partial charge in [-0.1, -0.05) is 30.3 Å². The smallest absolute Gasteiger partial charge is 0.162 e. The van der Waals surface area contributed by atoms with E-state index >= 15 is 0 Å². The number of benzene rings is 1. The average Bonchev–Trinajstić information content (AvgIpc) is 2.67. The summed E-state index contributed by atoms with van der Waals surface area (Å²) in [6.45, 7) is 4.78. The minimum absolute atomic E-state index is 0.196. The van der Waals surface area contributed by atoms with Crippen molar-refractivity contribution < 1.29 is 4.79 Å². The van der Waals surface area contributed by atoms with E-state index in [4.69, 9.17) is 0 Å². The van der Waals surface area contributed by atoms with E-state index < -0.39 is 0 Å². The number of ketones is 1. The molecule has 19 heavy (non-hydrogen) atoms. The van der Waals surface area contributed by atoms with Crippen LogP contribution in [0.4, 0.5) is 0 Å². The average molecular weight is 321 g/mol. The molecule has 0 bridgehead atoms. The number of aromatic nitrogens is 2. The largest absolute Gasteiger partial charge is 0.294 e. The lowest BCUT2D eigenvalue weighted by Gasteiger charge is -2.04. The van der Waals surface area contributed by atoms with Crippen molar-refractivity contribution in [3.8, 4) is 0 Å². The van der Waals surface area contributed by atoms with Gasteiger partial charge < -0.3 is 0 Å². The number of aryl methyl sites for hydroxylation is 2. The highest BCUT2D eigenvalue weighted by molar-refractivity contribution is 9.10. The first-order valence-corrected chi connectivity index (χ1v) is 7.16. The summed E-state index contributed by atoms with van der Waals surface area (Å²) in [5, 5.41) is 4.44. The van der Waals surface area contributed by atoms with Crippen LogP contribution >= 0.6 is 15.9 Å². The van der Waals surface area contributed by atoms with Crippen molar-refractivity contribution in [2.75, 3.05) is 0 Å². The van der Waals surface area contributed by atoms with Crippen LogP contribution < -0.4 is 0 Å². The highest BCUT2D eigenvalue weighted by Crippen LogP contribution is 2.20. The summed E-state index contributed by atoms with van der Waals surface area (Å²) in [6, 6.07) is 9.44. The highest BCUT2D eigenvalue weighted by atomic mass is 79.9. The molecule has 0 N–H and O–H groups in total. The van der Waals surface area contributed by atoms with Crippen LogP contribution in [0, 0.1) is 13.8 Å². The molecule has 1 aromatic heterocycles. The van der Waals surface area contributed by atoms with Crippen molar-refractivity contribution in [2.24, 2.45) is 0 Å². The van der Waals surface area contributed by atoms with E-state index in [1.165, 1.54) is 0 Å².